The first-order valence-electron chi connectivity index (χ1n) is 2.26. The van der Waals surface area contributed by atoms with Gasteiger partial charge in [0.2, 0.25) is 0 Å². The standard InChI is InChI=1S/C5H10O.Pt/c1-3-4-5(2)6;/h3-4H2,1-2H3;. The summed E-state index contributed by atoms with van der Waals surface area (Å²) in [5.41, 5.74) is 0. The Labute approximate surface area is 58.7 Å². The number of ketones is 1. The summed E-state index contributed by atoms with van der Waals surface area (Å²) in [5.74, 6) is 0.289. The van der Waals surface area contributed by atoms with Gasteiger partial charge in [-0.3, -0.25) is 0 Å². The SMILES string of the molecule is CCCC(C)=O.[Pt]. The first-order valence-corrected chi connectivity index (χ1v) is 2.26. The Hall–Kier alpha value is 0.358. The molecule has 7 heavy (non-hydrogen) atoms. The predicted molar refractivity (Wildman–Crippen MR) is 25.6 cm³/mol. The Morgan fingerprint density at radius 3 is 2.00 bits per heavy atom. The van der Waals surface area contributed by atoms with Crippen molar-refractivity contribution in [3.63, 3.8) is 0 Å². The average molecular weight is 281 g/mol. The summed E-state index contributed by atoms with van der Waals surface area (Å²) in [5, 5.41) is 0. The van der Waals surface area contributed by atoms with Crippen molar-refractivity contribution in [3.05, 3.63) is 0 Å². The molecule has 0 aliphatic rings. The van der Waals surface area contributed by atoms with Crippen molar-refractivity contribution in [1.82, 2.24) is 0 Å². The van der Waals surface area contributed by atoms with Crippen LogP contribution in [0, 0.1) is 0 Å². The Morgan fingerprint density at radius 1 is 1.57 bits per heavy atom. The van der Waals surface area contributed by atoms with Crippen LogP contribution in [0.25, 0.3) is 0 Å². The van der Waals surface area contributed by atoms with Gasteiger partial charge in [-0.05, 0) is 13.3 Å². The third-order valence-electron chi connectivity index (χ3n) is 0.602. The zero-order valence-electron chi connectivity index (χ0n) is 4.64. The molecule has 0 aromatic heterocycles. The van der Waals surface area contributed by atoms with Crippen LogP contribution in [0.1, 0.15) is 26.7 Å². The van der Waals surface area contributed by atoms with E-state index < -0.39 is 0 Å². The molecule has 2 heteroatoms. The molecule has 0 aromatic carbocycles. The normalized spacial score (nSPS) is 7.14. The van der Waals surface area contributed by atoms with Crippen LogP contribution in [0.5, 0.6) is 0 Å². The van der Waals surface area contributed by atoms with Gasteiger partial charge in [0.25, 0.3) is 0 Å². The minimum Gasteiger partial charge on any atom is -0.300 e. The molecule has 0 unspecified atom stereocenters. The monoisotopic (exact) mass is 281 g/mol. The van der Waals surface area contributed by atoms with Gasteiger partial charge < -0.3 is 4.79 Å². The predicted octanol–water partition coefficient (Wildman–Crippen LogP) is 1.37. The van der Waals surface area contributed by atoms with Gasteiger partial charge >= 0.3 is 0 Å². The summed E-state index contributed by atoms with van der Waals surface area (Å²) < 4.78 is 0. The van der Waals surface area contributed by atoms with Crippen molar-refractivity contribution in [3.8, 4) is 0 Å². The third-order valence-corrected chi connectivity index (χ3v) is 0.602. The Morgan fingerprint density at radius 2 is 2.00 bits per heavy atom. The molecule has 0 saturated carbocycles. The molecular weight excluding hydrogens is 271 g/mol. The summed E-state index contributed by atoms with van der Waals surface area (Å²) in [6.07, 6.45) is 1.72. The molecule has 0 N–H and O–H groups in total. The van der Waals surface area contributed by atoms with E-state index in [9.17, 15) is 4.79 Å². The number of rotatable bonds is 2. The fourth-order valence-corrected chi connectivity index (χ4v) is 0.352. The fourth-order valence-electron chi connectivity index (χ4n) is 0.352. The molecule has 0 heterocycles. The van der Waals surface area contributed by atoms with Crippen LogP contribution >= 0.6 is 0 Å². The second kappa shape index (κ2) is 6.36. The molecule has 0 amide bonds. The molecule has 1 nitrogen and oxygen atoms in total. The average Bonchev–Trinajstić information content (AvgIpc) is 1.35. The van der Waals surface area contributed by atoms with Crippen LogP contribution in [-0.4, -0.2) is 5.78 Å². The van der Waals surface area contributed by atoms with Crippen LogP contribution in [0.4, 0.5) is 0 Å². The molecule has 0 saturated heterocycles. The van der Waals surface area contributed by atoms with Crippen molar-refractivity contribution >= 4 is 5.78 Å². The van der Waals surface area contributed by atoms with E-state index in [0.717, 1.165) is 12.8 Å². The molecule has 0 radical (unpaired) electrons. The molecular formula is C5H10OPt. The van der Waals surface area contributed by atoms with Crippen LogP contribution < -0.4 is 0 Å². The van der Waals surface area contributed by atoms with Crippen LogP contribution in [0.3, 0.4) is 0 Å². The van der Waals surface area contributed by atoms with E-state index in [2.05, 4.69) is 0 Å². The largest absolute Gasteiger partial charge is 0.300 e. The first-order chi connectivity index (χ1) is 2.77. The topological polar surface area (TPSA) is 17.1 Å². The number of hydrogen-bond donors (Lipinski definition) is 0. The minimum absolute atomic E-state index is 0. The van der Waals surface area contributed by atoms with E-state index in [1.807, 2.05) is 6.92 Å². The molecule has 0 aromatic rings. The number of carbonyl (C=O) groups is 1. The maximum atomic E-state index is 10.0. The van der Waals surface area contributed by atoms with Gasteiger partial charge in [0.1, 0.15) is 5.78 Å². The Kier molecular flexibility index (Phi) is 9.41. The van der Waals surface area contributed by atoms with Gasteiger partial charge in [0.05, 0.1) is 0 Å². The Balaban J connectivity index is 0. The van der Waals surface area contributed by atoms with Gasteiger partial charge in [-0.2, -0.15) is 0 Å². The molecule has 0 aliphatic carbocycles. The molecule has 0 fully saturated rings. The van der Waals surface area contributed by atoms with Gasteiger partial charge in [-0.1, -0.05) is 6.92 Å². The maximum Gasteiger partial charge on any atom is 0.129 e. The summed E-state index contributed by atoms with van der Waals surface area (Å²) in [6.45, 7) is 3.62. The Bertz CT molecular complexity index is 52.0. The first kappa shape index (κ1) is 10.4. The molecule has 0 aliphatic heterocycles. The van der Waals surface area contributed by atoms with Crippen LogP contribution in [0.2, 0.25) is 0 Å². The van der Waals surface area contributed by atoms with E-state index in [1.54, 1.807) is 6.92 Å². The molecule has 0 rings (SSSR count). The number of Topliss-reactive ketones (excluding diaryl/α,β-unsaturated/α-hetero) is 1. The van der Waals surface area contributed by atoms with Crippen molar-refractivity contribution in [2.45, 2.75) is 26.7 Å². The third kappa shape index (κ3) is 10.7. The summed E-state index contributed by atoms with van der Waals surface area (Å²) in [6, 6.07) is 0. The van der Waals surface area contributed by atoms with Crippen molar-refractivity contribution in [1.29, 1.82) is 0 Å². The summed E-state index contributed by atoms with van der Waals surface area (Å²) >= 11 is 0. The fraction of sp³-hybridized carbons (Fsp3) is 0.800. The smallest absolute Gasteiger partial charge is 0.129 e. The van der Waals surface area contributed by atoms with Gasteiger partial charge in [-0.15, -0.1) is 0 Å². The molecule has 0 atom stereocenters. The van der Waals surface area contributed by atoms with Crippen molar-refractivity contribution in [2.24, 2.45) is 0 Å². The second-order valence-electron chi connectivity index (χ2n) is 1.45. The van der Waals surface area contributed by atoms with E-state index in [1.165, 1.54) is 0 Å². The van der Waals surface area contributed by atoms with E-state index in [0.29, 0.717) is 0 Å². The second-order valence-corrected chi connectivity index (χ2v) is 1.45. The van der Waals surface area contributed by atoms with Crippen molar-refractivity contribution in [2.75, 3.05) is 0 Å². The maximum absolute atomic E-state index is 10.0. The van der Waals surface area contributed by atoms with E-state index in [4.69, 9.17) is 0 Å². The van der Waals surface area contributed by atoms with Crippen LogP contribution in [0.15, 0.2) is 0 Å². The van der Waals surface area contributed by atoms with Crippen LogP contribution in [-0.2, 0) is 25.9 Å². The molecule has 46 valence electrons. The van der Waals surface area contributed by atoms with Crippen molar-refractivity contribution < 1.29 is 25.9 Å². The van der Waals surface area contributed by atoms with Gasteiger partial charge in [0, 0.05) is 27.5 Å². The zero-order chi connectivity index (χ0) is 4.99. The number of carbonyl (C=O) groups excluding carboxylic acids is 1. The van der Waals surface area contributed by atoms with E-state index >= 15 is 0 Å². The van der Waals surface area contributed by atoms with Gasteiger partial charge in [-0.25, -0.2) is 0 Å². The molecule has 0 bridgehead atoms. The summed E-state index contributed by atoms with van der Waals surface area (Å²) in [4.78, 5) is 10.0. The quantitative estimate of drug-likeness (QED) is 0.747. The zero-order valence-corrected chi connectivity index (χ0v) is 6.91. The summed E-state index contributed by atoms with van der Waals surface area (Å²) in [7, 11) is 0. The van der Waals surface area contributed by atoms with E-state index in [-0.39, 0.29) is 26.8 Å². The molecule has 0 spiro atoms. The minimum atomic E-state index is 0. The number of hydrogen-bond acceptors (Lipinski definition) is 1. The van der Waals surface area contributed by atoms with Gasteiger partial charge in [0.15, 0.2) is 0 Å².